The van der Waals surface area contributed by atoms with E-state index in [0.29, 0.717) is 13.2 Å². The van der Waals surface area contributed by atoms with Crippen molar-refractivity contribution in [1.82, 2.24) is 10.2 Å². The second-order valence-electron chi connectivity index (χ2n) is 11.5. The van der Waals surface area contributed by atoms with Gasteiger partial charge in [-0.3, -0.25) is 0 Å². The summed E-state index contributed by atoms with van der Waals surface area (Å²) in [6, 6.07) is 22.0. The van der Waals surface area contributed by atoms with Crippen LogP contribution in [0.5, 0.6) is 0 Å². The molecule has 0 aliphatic carbocycles. The number of carbonyl (C=O) groups excluding carboxylic acids is 1. The normalized spacial score (nSPS) is 19.1. The molecule has 1 saturated heterocycles. The molecule has 186 valence electrons. The first kappa shape index (κ1) is 26.5. The van der Waals surface area contributed by atoms with Crippen molar-refractivity contribution < 1.29 is 14.0 Å². The molecule has 2 aromatic carbocycles. The molecule has 0 bridgehead atoms. The van der Waals surface area contributed by atoms with Crippen LogP contribution in [0.4, 0.5) is 4.79 Å². The van der Waals surface area contributed by atoms with Crippen LogP contribution in [-0.4, -0.2) is 57.2 Å². The van der Waals surface area contributed by atoms with Crippen molar-refractivity contribution in [3.05, 3.63) is 60.7 Å². The summed E-state index contributed by atoms with van der Waals surface area (Å²) in [6.45, 7) is 13.9. The van der Waals surface area contributed by atoms with Crippen LogP contribution in [-0.2, 0) is 9.16 Å². The van der Waals surface area contributed by atoms with Crippen molar-refractivity contribution in [3.63, 3.8) is 0 Å². The van der Waals surface area contributed by atoms with E-state index >= 15 is 0 Å². The largest absolute Gasteiger partial charge is 0.444 e. The number of nitrogens with one attached hydrogen (secondary N) is 1. The fourth-order valence-corrected chi connectivity index (χ4v) is 9.52. The molecular weight excluding hydrogens is 440 g/mol. The Kier molecular flexibility index (Phi) is 8.27. The van der Waals surface area contributed by atoms with Gasteiger partial charge in [0.05, 0.1) is 6.61 Å². The molecule has 2 atom stereocenters. The maximum Gasteiger partial charge on any atom is 0.410 e. The topological polar surface area (TPSA) is 50.8 Å². The molecule has 0 radical (unpaired) electrons. The summed E-state index contributed by atoms with van der Waals surface area (Å²) >= 11 is 0. The zero-order chi connectivity index (χ0) is 25.0. The van der Waals surface area contributed by atoms with Gasteiger partial charge in [-0.05, 0) is 49.0 Å². The number of likely N-dealkylation sites (N-methyl/N-ethyl adjacent to an activating group) is 1. The van der Waals surface area contributed by atoms with Crippen LogP contribution >= 0.6 is 0 Å². The van der Waals surface area contributed by atoms with Crippen LogP contribution in [0.3, 0.4) is 0 Å². The highest BCUT2D eigenvalue weighted by atomic mass is 28.4. The molecule has 0 aromatic heterocycles. The van der Waals surface area contributed by atoms with Gasteiger partial charge < -0.3 is 19.4 Å². The molecule has 2 unspecified atom stereocenters. The summed E-state index contributed by atoms with van der Waals surface area (Å²) in [5.74, 6) is 0. The summed E-state index contributed by atoms with van der Waals surface area (Å²) in [7, 11) is -0.733. The molecule has 2 aromatic rings. The first-order valence-electron chi connectivity index (χ1n) is 12.4. The minimum atomic E-state index is -2.54. The van der Waals surface area contributed by atoms with Crippen molar-refractivity contribution in [2.45, 2.75) is 77.1 Å². The van der Waals surface area contributed by atoms with Crippen molar-refractivity contribution in [2.75, 3.05) is 20.2 Å². The third kappa shape index (κ3) is 6.29. The number of nitrogens with zero attached hydrogens (tertiary/aromatic N) is 1. The Hall–Kier alpha value is -2.15. The van der Waals surface area contributed by atoms with Crippen molar-refractivity contribution in [2.24, 2.45) is 0 Å². The van der Waals surface area contributed by atoms with E-state index in [-0.39, 0.29) is 23.2 Å². The van der Waals surface area contributed by atoms with Gasteiger partial charge in [-0.15, -0.1) is 0 Å². The Balaban J connectivity index is 1.73. The second-order valence-corrected chi connectivity index (χ2v) is 15.8. The monoisotopic (exact) mass is 482 g/mol. The van der Waals surface area contributed by atoms with Crippen LogP contribution in [0, 0.1) is 0 Å². The zero-order valence-corrected chi connectivity index (χ0v) is 22.9. The quantitative estimate of drug-likeness (QED) is 0.588. The minimum absolute atomic E-state index is 0.0371. The maximum atomic E-state index is 12.4. The zero-order valence-electron chi connectivity index (χ0n) is 21.9. The van der Waals surface area contributed by atoms with Gasteiger partial charge in [0.15, 0.2) is 0 Å². The number of benzene rings is 2. The molecule has 6 heteroatoms. The average molecular weight is 483 g/mol. The fraction of sp³-hybridized carbons (Fsp3) is 0.536. The Morgan fingerprint density at radius 3 is 1.88 bits per heavy atom. The molecule has 5 nitrogen and oxygen atoms in total. The number of carbonyl (C=O) groups is 1. The molecule has 0 saturated carbocycles. The van der Waals surface area contributed by atoms with Crippen molar-refractivity contribution in [1.29, 1.82) is 0 Å². The lowest BCUT2D eigenvalue weighted by Crippen LogP contribution is -2.67. The highest BCUT2D eigenvalue weighted by Crippen LogP contribution is 2.37. The molecule has 1 fully saturated rings. The highest BCUT2D eigenvalue weighted by Gasteiger charge is 2.50. The van der Waals surface area contributed by atoms with Crippen LogP contribution < -0.4 is 15.7 Å². The second kappa shape index (κ2) is 10.6. The molecule has 34 heavy (non-hydrogen) atoms. The Labute approximate surface area is 207 Å². The highest BCUT2D eigenvalue weighted by molar-refractivity contribution is 6.99. The van der Waals surface area contributed by atoms with Crippen LogP contribution in [0.2, 0.25) is 5.04 Å². The van der Waals surface area contributed by atoms with Gasteiger partial charge in [0.25, 0.3) is 8.32 Å². The maximum absolute atomic E-state index is 12.4. The smallest absolute Gasteiger partial charge is 0.410 e. The van der Waals surface area contributed by atoms with E-state index in [4.69, 9.17) is 9.16 Å². The van der Waals surface area contributed by atoms with E-state index in [1.807, 2.05) is 27.8 Å². The van der Waals surface area contributed by atoms with E-state index in [1.54, 1.807) is 4.90 Å². The molecule has 1 heterocycles. The summed E-state index contributed by atoms with van der Waals surface area (Å²) in [5.41, 5.74) is -0.486. The third-order valence-electron chi connectivity index (χ3n) is 6.45. The lowest BCUT2D eigenvalue weighted by atomic mass is 10.2. The van der Waals surface area contributed by atoms with Crippen molar-refractivity contribution >= 4 is 24.8 Å². The van der Waals surface area contributed by atoms with E-state index < -0.39 is 13.9 Å². The lowest BCUT2D eigenvalue weighted by Gasteiger charge is -2.43. The Bertz CT molecular complexity index is 883. The first-order chi connectivity index (χ1) is 15.9. The predicted molar refractivity (Wildman–Crippen MR) is 142 cm³/mol. The van der Waals surface area contributed by atoms with Crippen LogP contribution in [0.15, 0.2) is 60.7 Å². The Morgan fingerprint density at radius 1 is 0.912 bits per heavy atom. The Morgan fingerprint density at radius 2 is 1.41 bits per heavy atom. The molecule has 1 N–H and O–H groups in total. The molecular formula is C28H42N2O3Si. The molecule has 1 amide bonds. The van der Waals surface area contributed by atoms with Crippen LogP contribution in [0.25, 0.3) is 0 Å². The summed E-state index contributed by atoms with van der Waals surface area (Å²) in [6.07, 6.45) is 1.77. The summed E-state index contributed by atoms with van der Waals surface area (Å²) < 4.78 is 12.6. The van der Waals surface area contributed by atoms with Gasteiger partial charge in [-0.2, -0.15) is 0 Å². The summed E-state index contributed by atoms with van der Waals surface area (Å²) in [5, 5.41) is 6.28. The van der Waals surface area contributed by atoms with E-state index in [2.05, 4.69) is 86.8 Å². The average Bonchev–Trinajstić information content (AvgIpc) is 3.21. The van der Waals surface area contributed by atoms with E-state index in [9.17, 15) is 4.79 Å². The van der Waals surface area contributed by atoms with Gasteiger partial charge in [0.2, 0.25) is 0 Å². The standard InChI is InChI=1S/C28H42N2O3Si/c1-27(2,3)33-26(31)30(7)20-22-18-19-23(29-22)21-32-34(28(4,5)6,24-14-10-8-11-15-24)25-16-12-9-13-17-25/h8-17,22-23,29H,18-21H2,1-7H3. The van der Waals surface area contributed by atoms with Gasteiger partial charge in [0, 0.05) is 25.7 Å². The molecule has 0 spiro atoms. The van der Waals surface area contributed by atoms with Gasteiger partial charge >= 0.3 is 6.09 Å². The number of hydrogen-bond donors (Lipinski definition) is 1. The molecule has 1 aliphatic heterocycles. The lowest BCUT2D eigenvalue weighted by molar-refractivity contribution is 0.0285. The predicted octanol–water partition coefficient (Wildman–Crippen LogP) is 4.55. The van der Waals surface area contributed by atoms with E-state index in [0.717, 1.165) is 12.8 Å². The third-order valence-corrected chi connectivity index (χ3v) is 11.5. The number of hydrogen-bond acceptors (Lipinski definition) is 4. The minimum Gasteiger partial charge on any atom is -0.444 e. The number of amides is 1. The molecule has 3 rings (SSSR count). The van der Waals surface area contributed by atoms with E-state index in [1.165, 1.54) is 10.4 Å². The first-order valence-corrected chi connectivity index (χ1v) is 14.3. The van der Waals surface area contributed by atoms with Crippen LogP contribution in [0.1, 0.15) is 54.4 Å². The van der Waals surface area contributed by atoms with Crippen molar-refractivity contribution in [3.8, 4) is 0 Å². The van der Waals surface area contributed by atoms with Gasteiger partial charge in [0.1, 0.15) is 5.60 Å². The summed E-state index contributed by atoms with van der Waals surface area (Å²) in [4.78, 5) is 14.0. The number of ether oxygens (including phenoxy) is 1. The van der Waals surface area contributed by atoms with Gasteiger partial charge in [-0.1, -0.05) is 81.4 Å². The number of rotatable bonds is 7. The fourth-order valence-electron chi connectivity index (χ4n) is 4.91. The van der Waals surface area contributed by atoms with Gasteiger partial charge in [-0.25, -0.2) is 4.79 Å². The molecule has 1 aliphatic rings. The SMILES string of the molecule is CN(CC1CCC(CO[Si](c2ccccc2)(c2ccccc2)C(C)(C)C)N1)C(=O)OC(C)(C)C.